The second kappa shape index (κ2) is 4.93. The van der Waals surface area contributed by atoms with E-state index < -0.39 is 0 Å². The predicted octanol–water partition coefficient (Wildman–Crippen LogP) is 2.13. The van der Waals surface area contributed by atoms with E-state index in [9.17, 15) is 4.79 Å². The zero-order chi connectivity index (χ0) is 12.3. The van der Waals surface area contributed by atoms with Gasteiger partial charge in [0.1, 0.15) is 9.88 Å². The Morgan fingerprint density at radius 1 is 1.50 bits per heavy atom. The van der Waals surface area contributed by atoms with E-state index >= 15 is 0 Å². The van der Waals surface area contributed by atoms with Crippen molar-refractivity contribution < 1.29 is 9.53 Å². The molecule has 0 fully saturated rings. The monoisotopic (exact) mass is 242 g/mol. The molecule has 1 rings (SSSR count). The number of thiazole rings is 1. The summed E-state index contributed by atoms with van der Waals surface area (Å²) < 4.78 is 4.99. The van der Waals surface area contributed by atoms with E-state index in [0.29, 0.717) is 11.5 Å². The zero-order valence-electron chi connectivity index (χ0n) is 10.4. The molecule has 0 unspecified atom stereocenters. The van der Waals surface area contributed by atoms with Crippen LogP contribution in [0.3, 0.4) is 0 Å². The number of ether oxygens (including phenoxy) is 1. The molecule has 1 aromatic rings. The van der Waals surface area contributed by atoms with Gasteiger partial charge < -0.3 is 10.1 Å². The summed E-state index contributed by atoms with van der Waals surface area (Å²) in [5.41, 5.74) is 0.536. The Morgan fingerprint density at radius 3 is 2.62 bits per heavy atom. The number of rotatable bonds is 3. The Bertz CT molecular complexity index is 380. The maximum absolute atomic E-state index is 11.9. The van der Waals surface area contributed by atoms with E-state index in [1.165, 1.54) is 11.3 Å². The molecule has 5 heteroatoms. The molecule has 16 heavy (non-hydrogen) atoms. The van der Waals surface area contributed by atoms with E-state index in [2.05, 4.69) is 10.3 Å². The fraction of sp³-hybridized carbons (Fsp3) is 0.636. The molecule has 1 heterocycles. The standard InChI is InChI=1S/C11H18N2O2S/c1-7-9(10(14)13-11(2,3)4)16-8(12-7)6-15-5/h6H2,1-5H3,(H,13,14). The van der Waals surface area contributed by atoms with Crippen LogP contribution in [-0.2, 0) is 11.3 Å². The molecule has 1 N–H and O–H groups in total. The van der Waals surface area contributed by atoms with Crippen molar-refractivity contribution in [3.05, 3.63) is 15.6 Å². The van der Waals surface area contributed by atoms with Gasteiger partial charge in [0.15, 0.2) is 0 Å². The third-order valence-electron chi connectivity index (χ3n) is 1.80. The van der Waals surface area contributed by atoms with E-state index in [0.717, 1.165) is 10.7 Å². The zero-order valence-corrected chi connectivity index (χ0v) is 11.2. The number of nitrogens with zero attached hydrogens (tertiary/aromatic N) is 1. The Hall–Kier alpha value is -0.940. The van der Waals surface area contributed by atoms with Crippen LogP contribution in [-0.4, -0.2) is 23.5 Å². The lowest BCUT2D eigenvalue weighted by molar-refractivity contribution is 0.0923. The SMILES string of the molecule is COCc1nc(C)c(C(=O)NC(C)(C)C)s1. The van der Waals surface area contributed by atoms with Gasteiger partial charge in [-0.15, -0.1) is 11.3 Å². The van der Waals surface area contributed by atoms with Crippen LogP contribution in [0.4, 0.5) is 0 Å². The topological polar surface area (TPSA) is 51.2 Å². The number of aryl methyl sites for hydroxylation is 1. The van der Waals surface area contributed by atoms with Crippen LogP contribution in [0.2, 0.25) is 0 Å². The maximum Gasteiger partial charge on any atom is 0.263 e. The van der Waals surface area contributed by atoms with Crippen LogP contribution < -0.4 is 5.32 Å². The molecule has 90 valence electrons. The summed E-state index contributed by atoms with van der Waals surface area (Å²) in [5.74, 6) is -0.0650. The van der Waals surface area contributed by atoms with E-state index in [4.69, 9.17) is 4.74 Å². The third kappa shape index (κ3) is 3.57. The summed E-state index contributed by atoms with van der Waals surface area (Å²) in [6.07, 6.45) is 0. The van der Waals surface area contributed by atoms with Crippen LogP contribution >= 0.6 is 11.3 Å². The molecule has 0 aliphatic carbocycles. The normalized spacial score (nSPS) is 11.6. The molecule has 0 aromatic carbocycles. The number of hydrogen-bond acceptors (Lipinski definition) is 4. The molecule has 1 amide bonds. The number of carbonyl (C=O) groups excluding carboxylic acids is 1. The van der Waals surface area contributed by atoms with E-state index in [1.54, 1.807) is 7.11 Å². The van der Waals surface area contributed by atoms with Crippen LogP contribution in [0.15, 0.2) is 0 Å². The Labute approximate surface area is 100 Å². The van der Waals surface area contributed by atoms with Gasteiger partial charge in [-0.3, -0.25) is 4.79 Å². The number of amides is 1. The lowest BCUT2D eigenvalue weighted by Gasteiger charge is -2.19. The smallest absolute Gasteiger partial charge is 0.263 e. The van der Waals surface area contributed by atoms with Crippen molar-refractivity contribution in [3.63, 3.8) is 0 Å². The quantitative estimate of drug-likeness (QED) is 0.883. The molecule has 0 radical (unpaired) electrons. The first-order chi connectivity index (χ1) is 7.33. The van der Waals surface area contributed by atoms with Crippen molar-refractivity contribution in [1.82, 2.24) is 10.3 Å². The molecule has 0 bridgehead atoms. The van der Waals surface area contributed by atoms with Gasteiger partial charge in [0.25, 0.3) is 5.91 Å². The fourth-order valence-electron chi connectivity index (χ4n) is 1.25. The highest BCUT2D eigenvalue weighted by Gasteiger charge is 2.19. The summed E-state index contributed by atoms with van der Waals surface area (Å²) in [5, 5.41) is 3.75. The average Bonchev–Trinajstić information content (AvgIpc) is 2.44. The highest BCUT2D eigenvalue weighted by Crippen LogP contribution is 2.19. The van der Waals surface area contributed by atoms with Crippen molar-refractivity contribution in [2.45, 2.75) is 39.8 Å². The van der Waals surface area contributed by atoms with Gasteiger partial charge in [0, 0.05) is 12.6 Å². The molecule has 0 aliphatic rings. The van der Waals surface area contributed by atoms with Gasteiger partial charge >= 0.3 is 0 Å². The largest absolute Gasteiger partial charge is 0.378 e. The highest BCUT2D eigenvalue weighted by atomic mass is 32.1. The van der Waals surface area contributed by atoms with Gasteiger partial charge in [0.2, 0.25) is 0 Å². The van der Waals surface area contributed by atoms with Crippen molar-refractivity contribution in [2.75, 3.05) is 7.11 Å². The fourth-order valence-corrected chi connectivity index (χ4v) is 2.18. The first kappa shape index (κ1) is 13.1. The van der Waals surface area contributed by atoms with Crippen molar-refractivity contribution >= 4 is 17.2 Å². The summed E-state index contributed by atoms with van der Waals surface area (Å²) in [4.78, 5) is 16.9. The van der Waals surface area contributed by atoms with Crippen molar-refractivity contribution in [1.29, 1.82) is 0 Å². The molecular weight excluding hydrogens is 224 g/mol. The first-order valence-electron chi connectivity index (χ1n) is 5.11. The van der Waals surface area contributed by atoms with Crippen LogP contribution in [0.1, 0.15) is 41.1 Å². The first-order valence-corrected chi connectivity index (χ1v) is 5.93. The van der Waals surface area contributed by atoms with Crippen LogP contribution in [0.25, 0.3) is 0 Å². The molecular formula is C11H18N2O2S. The average molecular weight is 242 g/mol. The van der Waals surface area contributed by atoms with Crippen LogP contribution in [0, 0.1) is 6.92 Å². The Morgan fingerprint density at radius 2 is 2.12 bits per heavy atom. The van der Waals surface area contributed by atoms with Crippen molar-refractivity contribution in [2.24, 2.45) is 0 Å². The van der Waals surface area contributed by atoms with E-state index in [1.807, 2.05) is 27.7 Å². The van der Waals surface area contributed by atoms with E-state index in [-0.39, 0.29) is 11.4 Å². The minimum atomic E-state index is -0.227. The minimum absolute atomic E-state index is 0.0650. The number of aromatic nitrogens is 1. The van der Waals surface area contributed by atoms with Crippen molar-refractivity contribution in [3.8, 4) is 0 Å². The lowest BCUT2D eigenvalue weighted by Crippen LogP contribution is -2.40. The summed E-state index contributed by atoms with van der Waals surface area (Å²) >= 11 is 1.38. The second-order valence-corrected chi connectivity index (χ2v) is 5.74. The number of nitrogens with one attached hydrogen (secondary N) is 1. The van der Waals surface area contributed by atoms with Gasteiger partial charge in [-0.2, -0.15) is 0 Å². The minimum Gasteiger partial charge on any atom is -0.378 e. The summed E-state index contributed by atoms with van der Waals surface area (Å²) in [6.45, 7) is 8.16. The maximum atomic E-state index is 11.9. The van der Waals surface area contributed by atoms with Gasteiger partial charge in [0.05, 0.1) is 12.3 Å². The van der Waals surface area contributed by atoms with Gasteiger partial charge in [-0.05, 0) is 27.7 Å². The molecule has 0 spiro atoms. The lowest BCUT2D eigenvalue weighted by atomic mass is 10.1. The van der Waals surface area contributed by atoms with Gasteiger partial charge in [-0.1, -0.05) is 0 Å². The summed E-state index contributed by atoms with van der Waals surface area (Å²) in [6, 6.07) is 0. The second-order valence-electron chi connectivity index (χ2n) is 4.66. The highest BCUT2D eigenvalue weighted by molar-refractivity contribution is 7.13. The number of methoxy groups -OCH3 is 1. The molecule has 0 aliphatic heterocycles. The molecule has 0 atom stereocenters. The Balaban J connectivity index is 2.83. The molecule has 4 nitrogen and oxygen atoms in total. The molecule has 0 saturated heterocycles. The summed E-state index contributed by atoms with van der Waals surface area (Å²) in [7, 11) is 1.62. The van der Waals surface area contributed by atoms with Gasteiger partial charge in [-0.25, -0.2) is 4.98 Å². The van der Waals surface area contributed by atoms with Crippen LogP contribution in [0.5, 0.6) is 0 Å². The predicted molar refractivity (Wildman–Crippen MR) is 64.8 cm³/mol. The molecule has 0 saturated carbocycles. The third-order valence-corrected chi connectivity index (χ3v) is 2.93. The molecule has 1 aromatic heterocycles. The Kier molecular flexibility index (Phi) is 4.04. The number of carbonyl (C=O) groups is 1. The number of hydrogen-bond donors (Lipinski definition) is 1.